The molecule has 0 aliphatic carbocycles. The molecule has 0 aromatic heterocycles. The Morgan fingerprint density at radius 3 is 2.56 bits per heavy atom. The second-order valence-corrected chi connectivity index (χ2v) is 3.91. The van der Waals surface area contributed by atoms with Crippen molar-refractivity contribution in [2.24, 2.45) is 0 Å². The van der Waals surface area contributed by atoms with Gasteiger partial charge in [-0.05, 0) is 24.1 Å². The van der Waals surface area contributed by atoms with Gasteiger partial charge in [0, 0.05) is 13.5 Å². The molecule has 0 saturated carbocycles. The predicted molar refractivity (Wildman–Crippen MR) is 63.9 cm³/mol. The third kappa shape index (κ3) is 4.24. The van der Waals surface area contributed by atoms with Crippen LogP contribution in [0.5, 0.6) is 0 Å². The van der Waals surface area contributed by atoms with Crippen molar-refractivity contribution in [2.45, 2.75) is 20.0 Å². The quantitative estimate of drug-likeness (QED) is 0.885. The third-order valence-electron chi connectivity index (χ3n) is 2.34. The fraction of sp³-hybridized carbons (Fsp3) is 0.308. The van der Waals surface area contributed by atoms with Gasteiger partial charge in [-0.1, -0.05) is 24.3 Å². The maximum Gasteiger partial charge on any atom is 0.416 e. The summed E-state index contributed by atoms with van der Waals surface area (Å²) < 4.78 is 37.5. The molecule has 0 aliphatic rings. The zero-order chi connectivity index (χ0) is 13.8. The highest BCUT2D eigenvalue weighted by Crippen LogP contribution is 2.32. The van der Waals surface area contributed by atoms with Gasteiger partial charge in [0.2, 0.25) is 5.91 Å². The number of halogens is 3. The van der Waals surface area contributed by atoms with Crippen LogP contribution in [0.2, 0.25) is 0 Å². The lowest BCUT2D eigenvalue weighted by Gasteiger charge is -2.10. The minimum Gasteiger partial charge on any atom is -0.353 e. The Morgan fingerprint density at radius 1 is 1.39 bits per heavy atom. The van der Waals surface area contributed by atoms with E-state index in [2.05, 4.69) is 5.32 Å². The van der Waals surface area contributed by atoms with Crippen molar-refractivity contribution in [2.75, 3.05) is 6.54 Å². The summed E-state index contributed by atoms with van der Waals surface area (Å²) >= 11 is 0. The molecule has 1 N–H and O–H groups in total. The van der Waals surface area contributed by atoms with E-state index in [1.54, 1.807) is 12.2 Å². The highest BCUT2D eigenvalue weighted by atomic mass is 19.4. The Morgan fingerprint density at radius 2 is 2.06 bits per heavy atom. The molecule has 0 aliphatic heterocycles. The van der Waals surface area contributed by atoms with Crippen molar-refractivity contribution in [3.63, 3.8) is 0 Å². The maximum absolute atomic E-state index is 12.5. The Kier molecular flexibility index (Phi) is 4.53. The summed E-state index contributed by atoms with van der Waals surface area (Å²) in [7, 11) is 0. The van der Waals surface area contributed by atoms with Crippen molar-refractivity contribution < 1.29 is 18.0 Å². The van der Waals surface area contributed by atoms with E-state index in [1.165, 1.54) is 26.0 Å². The van der Waals surface area contributed by atoms with Crippen molar-refractivity contribution in [1.29, 1.82) is 0 Å². The Balaban J connectivity index is 2.76. The molecule has 0 radical (unpaired) electrons. The summed E-state index contributed by atoms with van der Waals surface area (Å²) in [6, 6.07) is 3.93. The smallest absolute Gasteiger partial charge is 0.353 e. The monoisotopic (exact) mass is 257 g/mol. The highest BCUT2D eigenvalue weighted by molar-refractivity contribution is 5.73. The number of carbonyl (C=O) groups is 1. The summed E-state index contributed by atoms with van der Waals surface area (Å²) in [5.74, 6) is -0.150. The molecule has 5 heteroatoms. The normalized spacial score (nSPS) is 11.8. The number of carbonyl (C=O) groups excluding carboxylic acids is 1. The molecule has 1 rings (SSSR count). The van der Waals surface area contributed by atoms with Crippen LogP contribution in [0.3, 0.4) is 0 Å². The summed E-state index contributed by atoms with van der Waals surface area (Å²) in [5.41, 5.74) is 0.233. The fourth-order valence-corrected chi connectivity index (χ4v) is 1.51. The third-order valence-corrected chi connectivity index (χ3v) is 2.34. The van der Waals surface area contributed by atoms with E-state index < -0.39 is 11.7 Å². The summed E-state index contributed by atoms with van der Waals surface area (Å²) in [6.45, 7) is 3.18. The standard InChI is InChI=1S/C13H14F3NO/c1-9-8-11(4-3-7-17-10(2)18)5-6-12(9)13(14,15)16/h3-6,8H,7H2,1-2H3,(H,17,18). The lowest BCUT2D eigenvalue weighted by molar-refractivity contribution is -0.138. The summed E-state index contributed by atoms with van der Waals surface area (Å²) in [5, 5.41) is 2.56. The number of hydrogen-bond acceptors (Lipinski definition) is 1. The van der Waals surface area contributed by atoms with Crippen LogP contribution in [0.15, 0.2) is 24.3 Å². The average Bonchev–Trinajstić information content (AvgIpc) is 2.22. The number of hydrogen-bond donors (Lipinski definition) is 1. The number of rotatable bonds is 3. The van der Waals surface area contributed by atoms with Gasteiger partial charge in [0.15, 0.2) is 0 Å². The van der Waals surface area contributed by atoms with E-state index >= 15 is 0 Å². The van der Waals surface area contributed by atoms with Gasteiger partial charge >= 0.3 is 6.18 Å². The van der Waals surface area contributed by atoms with Gasteiger partial charge in [0.1, 0.15) is 0 Å². The molecule has 18 heavy (non-hydrogen) atoms. The molecular formula is C13H14F3NO. The van der Waals surface area contributed by atoms with E-state index in [0.29, 0.717) is 12.1 Å². The van der Waals surface area contributed by atoms with E-state index in [-0.39, 0.29) is 11.5 Å². The van der Waals surface area contributed by atoms with Crippen LogP contribution in [0.4, 0.5) is 13.2 Å². The summed E-state index contributed by atoms with van der Waals surface area (Å²) in [6.07, 6.45) is -0.963. The minimum atomic E-state index is -4.32. The van der Waals surface area contributed by atoms with Crippen LogP contribution in [0.1, 0.15) is 23.6 Å². The van der Waals surface area contributed by atoms with Crippen LogP contribution in [0.25, 0.3) is 6.08 Å². The highest BCUT2D eigenvalue weighted by Gasteiger charge is 2.31. The first-order chi connectivity index (χ1) is 8.30. The maximum atomic E-state index is 12.5. The molecule has 0 atom stereocenters. The molecule has 0 heterocycles. The molecule has 1 aromatic rings. The zero-order valence-corrected chi connectivity index (χ0v) is 10.1. The second kappa shape index (κ2) is 5.71. The zero-order valence-electron chi connectivity index (χ0n) is 10.1. The first-order valence-corrected chi connectivity index (χ1v) is 5.39. The number of benzene rings is 1. The lowest BCUT2D eigenvalue weighted by atomic mass is 10.0. The average molecular weight is 257 g/mol. The largest absolute Gasteiger partial charge is 0.416 e. The van der Waals surface area contributed by atoms with Crippen LogP contribution < -0.4 is 5.32 Å². The van der Waals surface area contributed by atoms with E-state index in [9.17, 15) is 18.0 Å². The SMILES string of the molecule is CC(=O)NCC=Cc1ccc(C(F)(F)F)c(C)c1. The predicted octanol–water partition coefficient (Wildman–Crippen LogP) is 3.16. The second-order valence-electron chi connectivity index (χ2n) is 3.91. The number of nitrogens with one attached hydrogen (secondary N) is 1. The lowest BCUT2D eigenvalue weighted by Crippen LogP contribution is -2.19. The molecule has 0 bridgehead atoms. The van der Waals surface area contributed by atoms with Crippen LogP contribution in [-0.2, 0) is 11.0 Å². The molecule has 2 nitrogen and oxygen atoms in total. The van der Waals surface area contributed by atoms with Crippen molar-refractivity contribution in [1.82, 2.24) is 5.32 Å². The Bertz CT molecular complexity index is 464. The topological polar surface area (TPSA) is 29.1 Å². The number of amides is 1. The Hall–Kier alpha value is -1.78. The first-order valence-electron chi connectivity index (χ1n) is 5.39. The van der Waals surface area contributed by atoms with Gasteiger partial charge in [-0.15, -0.1) is 0 Å². The van der Waals surface area contributed by atoms with E-state index in [1.807, 2.05) is 0 Å². The van der Waals surface area contributed by atoms with Crippen molar-refractivity contribution >= 4 is 12.0 Å². The number of alkyl halides is 3. The molecular weight excluding hydrogens is 243 g/mol. The Labute approximate surface area is 104 Å². The van der Waals surface area contributed by atoms with Crippen molar-refractivity contribution in [3.8, 4) is 0 Å². The number of aryl methyl sites for hydroxylation is 1. The van der Waals surface area contributed by atoms with Gasteiger partial charge in [0.05, 0.1) is 5.56 Å². The molecule has 0 saturated heterocycles. The van der Waals surface area contributed by atoms with Crippen molar-refractivity contribution in [3.05, 3.63) is 41.0 Å². The van der Waals surface area contributed by atoms with Crippen LogP contribution in [0, 0.1) is 6.92 Å². The fourth-order valence-electron chi connectivity index (χ4n) is 1.51. The van der Waals surface area contributed by atoms with E-state index in [0.717, 1.165) is 6.07 Å². The first kappa shape index (κ1) is 14.3. The summed E-state index contributed by atoms with van der Waals surface area (Å²) in [4.78, 5) is 10.6. The van der Waals surface area contributed by atoms with E-state index in [4.69, 9.17) is 0 Å². The van der Waals surface area contributed by atoms with Gasteiger partial charge in [-0.2, -0.15) is 13.2 Å². The minimum absolute atomic E-state index is 0.150. The van der Waals surface area contributed by atoms with Crippen LogP contribution >= 0.6 is 0 Å². The van der Waals surface area contributed by atoms with Gasteiger partial charge in [-0.25, -0.2) is 0 Å². The van der Waals surface area contributed by atoms with Crippen LogP contribution in [-0.4, -0.2) is 12.5 Å². The molecule has 1 amide bonds. The molecule has 0 unspecified atom stereocenters. The molecule has 0 spiro atoms. The molecule has 98 valence electrons. The van der Waals surface area contributed by atoms with Gasteiger partial charge in [-0.3, -0.25) is 4.79 Å². The van der Waals surface area contributed by atoms with Gasteiger partial charge < -0.3 is 5.32 Å². The molecule has 1 aromatic carbocycles. The van der Waals surface area contributed by atoms with Gasteiger partial charge in [0.25, 0.3) is 0 Å². The molecule has 0 fully saturated rings.